The Morgan fingerprint density at radius 2 is 1.77 bits per heavy atom. The molecule has 0 saturated carbocycles. The van der Waals surface area contributed by atoms with E-state index in [9.17, 15) is 4.79 Å². The SMILES string of the molecule is COc1ccc(-c2c(C)c3cc(Cl)cc(Cl)c3oc2=O)cc1. The third-order valence-corrected chi connectivity index (χ3v) is 4.06. The molecule has 0 fully saturated rings. The van der Waals surface area contributed by atoms with Gasteiger partial charge in [0.1, 0.15) is 5.75 Å². The van der Waals surface area contributed by atoms with E-state index in [4.69, 9.17) is 32.4 Å². The van der Waals surface area contributed by atoms with E-state index < -0.39 is 5.63 Å². The number of hydrogen-bond acceptors (Lipinski definition) is 3. The van der Waals surface area contributed by atoms with Gasteiger partial charge in [-0.2, -0.15) is 0 Å². The fraction of sp³-hybridized carbons (Fsp3) is 0.118. The van der Waals surface area contributed by atoms with Gasteiger partial charge >= 0.3 is 5.63 Å². The maximum atomic E-state index is 12.4. The Morgan fingerprint density at radius 1 is 1.09 bits per heavy atom. The summed E-state index contributed by atoms with van der Waals surface area (Å²) in [5.41, 5.74) is 1.95. The van der Waals surface area contributed by atoms with Crippen LogP contribution in [0.4, 0.5) is 0 Å². The van der Waals surface area contributed by atoms with Crippen LogP contribution in [0.15, 0.2) is 45.6 Å². The van der Waals surface area contributed by atoms with E-state index in [1.54, 1.807) is 31.4 Å². The quantitative estimate of drug-likeness (QED) is 0.613. The van der Waals surface area contributed by atoms with Gasteiger partial charge in [0.15, 0.2) is 5.58 Å². The average Bonchev–Trinajstić information content (AvgIpc) is 2.49. The molecule has 0 bridgehead atoms. The fourth-order valence-electron chi connectivity index (χ4n) is 2.47. The van der Waals surface area contributed by atoms with Crippen LogP contribution in [0.1, 0.15) is 5.56 Å². The first-order chi connectivity index (χ1) is 10.5. The number of rotatable bonds is 2. The van der Waals surface area contributed by atoms with Crippen LogP contribution >= 0.6 is 23.2 Å². The van der Waals surface area contributed by atoms with Crippen LogP contribution in [0.5, 0.6) is 5.75 Å². The third kappa shape index (κ3) is 2.47. The zero-order chi connectivity index (χ0) is 15.9. The Kier molecular flexibility index (Phi) is 3.85. The molecule has 3 nitrogen and oxygen atoms in total. The molecule has 0 amide bonds. The molecule has 3 aromatic rings. The highest BCUT2D eigenvalue weighted by atomic mass is 35.5. The second-order valence-corrected chi connectivity index (χ2v) is 5.73. The monoisotopic (exact) mass is 334 g/mol. The fourth-order valence-corrected chi connectivity index (χ4v) is 3.00. The van der Waals surface area contributed by atoms with Crippen molar-refractivity contribution in [1.29, 1.82) is 0 Å². The van der Waals surface area contributed by atoms with Crippen molar-refractivity contribution in [2.75, 3.05) is 7.11 Å². The van der Waals surface area contributed by atoms with E-state index in [1.807, 2.05) is 19.1 Å². The lowest BCUT2D eigenvalue weighted by atomic mass is 9.99. The summed E-state index contributed by atoms with van der Waals surface area (Å²) in [6.45, 7) is 1.85. The predicted octanol–water partition coefficient (Wildman–Crippen LogP) is 5.08. The summed E-state index contributed by atoms with van der Waals surface area (Å²) in [6.07, 6.45) is 0. The Morgan fingerprint density at radius 3 is 2.41 bits per heavy atom. The minimum Gasteiger partial charge on any atom is -0.497 e. The van der Waals surface area contributed by atoms with E-state index in [0.717, 1.165) is 22.3 Å². The van der Waals surface area contributed by atoms with Crippen LogP contribution in [-0.4, -0.2) is 7.11 Å². The van der Waals surface area contributed by atoms with Gasteiger partial charge in [0.25, 0.3) is 0 Å². The first-order valence-corrected chi connectivity index (χ1v) is 7.33. The molecular formula is C17H12Cl2O3. The van der Waals surface area contributed by atoms with Gasteiger partial charge in [-0.3, -0.25) is 0 Å². The molecule has 0 saturated heterocycles. The highest BCUT2D eigenvalue weighted by Gasteiger charge is 2.15. The van der Waals surface area contributed by atoms with Gasteiger partial charge in [-0.05, 0) is 42.3 Å². The average molecular weight is 335 g/mol. The lowest BCUT2D eigenvalue weighted by molar-refractivity contribution is 0.415. The van der Waals surface area contributed by atoms with Gasteiger partial charge < -0.3 is 9.15 Å². The number of methoxy groups -OCH3 is 1. The molecule has 22 heavy (non-hydrogen) atoms. The van der Waals surface area contributed by atoms with Crippen LogP contribution in [0.2, 0.25) is 10.0 Å². The molecule has 0 spiro atoms. The predicted molar refractivity (Wildman–Crippen MR) is 89.2 cm³/mol. The van der Waals surface area contributed by atoms with Gasteiger partial charge in [0, 0.05) is 10.4 Å². The number of benzene rings is 2. The molecule has 0 N–H and O–H groups in total. The molecule has 0 radical (unpaired) electrons. The minimum atomic E-state index is -0.431. The first kappa shape index (κ1) is 14.9. The summed E-state index contributed by atoms with van der Waals surface area (Å²) < 4.78 is 10.5. The normalized spacial score (nSPS) is 10.9. The van der Waals surface area contributed by atoms with Crippen molar-refractivity contribution >= 4 is 34.2 Å². The molecule has 2 aromatic carbocycles. The number of halogens is 2. The minimum absolute atomic E-state index is 0.323. The molecule has 0 aliphatic heterocycles. The molecule has 0 aliphatic carbocycles. The Labute approximate surface area is 137 Å². The highest BCUT2D eigenvalue weighted by molar-refractivity contribution is 6.38. The summed E-state index contributed by atoms with van der Waals surface area (Å²) in [5, 5.41) is 1.54. The zero-order valence-electron chi connectivity index (χ0n) is 11.9. The van der Waals surface area contributed by atoms with Crippen LogP contribution in [-0.2, 0) is 0 Å². The molecule has 0 aliphatic rings. The molecule has 3 rings (SSSR count). The maximum Gasteiger partial charge on any atom is 0.344 e. The van der Waals surface area contributed by atoms with E-state index in [2.05, 4.69) is 0 Å². The Balaban J connectivity index is 2.32. The summed E-state index contributed by atoms with van der Waals surface area (Å²) in [5.74, 6) is 0.720. The smallest absolute Gasteiger partial charge is 0.344 e. The lowest BCUT2D eigenvalue weighted by Crippen LogP contribution is -2.06. The molecule has 0 unspecified atom stereocenters. The van der Waals surface area contributed by atoms with Crippen molar-refractivity contribution in [3.63, 3.8) is 0 Å². The summed E-state index contributed by atoms with van der Waals surface area (Å²) in [6, 6.07) is 10.5. The molecule has 1 heterocycles. The molecule has 0 atom stereocenters. The van der Waals surface area contributed by atoms with Crippen molar-refractivity contribution in [2.45, 2.75) is 6.92 Å². The van der Waals surface area contributed by atoms with Crippen molar-refractivity contribution in [1.82, 2.24) is 0 Å². The van der Waals surface area contributed by atoms with Crippen LogP contribution in [0.3, 0.4) is 0 Å². The highest BCUT2D eigenvalue weighted by Crippen LogP contribution is 2.33. The number of aryl methyl sites for hydroxylation is 1. The van der Waals surface area contributed by atoms with Crippen molar-refractivity contribution in [2.24, 2.45) is 0 Å². The van der Waals surface area contributed by atoms with Gasteiger partial charge in [0.2, 0.25) is 0 Å². The topological polar surface area (TPSA) is 39.4 Å². The second-order valence-electron chi connectivity index (χ2n) is 4.88. The molecule has 112 valence electrons. The van der Waals surface area contributed by atoms with Crippen molar-refractivity contribution < 1.29 is 9.15 Å². The molecular weight excluding hydrogens is 323 g/mol. The second kappa shape index (κ2) is 5.67. The van der Waals surface area contributed by atoms with E-state index >= 15 is 0 Å². The van der Waals surface area contributed by atoms with Crippen molar-refractivity contribution in [3.05, 3.63) is 62.4 Å². The summed E-state index contributed by atoms with van der Waals surface area (Å²) >= 11 is 12.2. The summed E-state index contributed by atoms with van der Waals surface area (Å²) in [7, 11) is 1.59. The Bertz CT molecular complexity index is 912. The molecule has 1 aromatic heterocycles. The van der Waals surface area contributed by atoms with E-state index in [-0.39, 0.29) is 0 Å². The third-order valence-electron chi connectivity index (χ3n) is 3.56. The standard InChI is InChI=1S/C17H12Cl2O3/c1-9-13-7-11(18)8-14(19)16(13)22-17(20)15(9)10-3-5-12(21-2)6-4-10/h3-8H,1-2H3. The van der Waals surface area contributed by atoms with Crippen LogP contribution < -0.4 is 10.4 Å². The Hall–Kier alpha value is -1.97. The molecule has 5 heteroatoms. The summed E-state index contributed by atoms with van der Waals surface area (Å²) in [4.78, 5) is 12.4. The van der Waals surface area contributed by atoms with Crippen molar-refractivity contribution in [3.8, 4) is 16.9 Å². The number of fused-ring (bicyclic) bond motifs is 1. The van der Waals surface area contributed by atoms with Crippen LogP contribution in [0.25, 0.3) is 22.1 Å². The van der Waals surface area contributed by atoms with Crippen LogP contribution in [0, 0.1) is 6.92 Å². The van der Waals surface area contributed by atoms with Gasteiger partial charge in [-0.1, -0.05) is 35.3 Å². The first-order valence-electron chi connectivity index (χ1n) is 6.58. The van der Waals surface area contributed by atoms with Gasteiger partial charge in [0.05, 0.1) is 17.7 Å². The largest absolute Gasteiger partial charge is 0.497 e. The maximum absolute atomic E-state index is 12.4. The number of hydrogen-bond donors (Lipinski definition) is 0. The lowest BCUT2D eigenvalue weighted by Gasteiger charge is -2.10. The number of ether oxygens (including phenoxy) is 1. The van der Waals surface area contributed by atoms with Gasteiger partial charge in [-0.25, -0.2) is 4.79 Å². The zero-order valence-corrected chi connectivity index (χ0v) is 13.5. The van der Waals surface area contributed by atoms with E-state index in [0.29, 0.717) is 21.2 Å². The van der Waals surface area contributed by atoms with Gasteiger partial charge in [-0.15, -0.1) is 0 Å². The van der Waals surface area contributed by atoms with E-state index in [1.165, 1.54) is 0 Å².